The van der Waals surface area contributed by atoms with Gasteiger partial charge < -0.3 is 5.32 Å². The third-order valence-electron chi connectivity index (χ3n) is 2.98. The zero-order valence-electron chi connectivity index (χ0n) is 11.2. The Hall–Kier alpha value is -2.06. The highest BCUT2D eigenvalue weighted by Crippen LogP contribution is 2.16. The third kappa shape index (κ3) is 3.97. The zero-order valence-corrected chi connectivity index (χ0v) is 12.0. The average Bonchev–Trinajstić information content (AvgIpc) is 2.47. The predicted molar refractivity (Wildman–Crippen MR) is 83.5 cm³/mol. The van der Waals surface area contributed by atoms with Gasteiger partial charge in [0.1, 0.15) is 0 Å². The largest absolute Gasteiger partial charge is 0.346 e. The van der Waals surface area contributed by atoms with Gasteiger partial charge in [0.2, 0.25) is 5.91 Å². The molecule has 20 heavy (non-hydrogen) atoms. The van der Waals surface area contributed by atoms with Gasteiger partial charge in [0.05, 0.1) is 6.04 Å². The quantitative estimate of drug-likeness (QED) is 0.837. The Labute approximate surface area is 124 Å². The van der Waals surface area contributed by atoms with Crippen molar-refractivity contribution in [2.24, 2.45) is 0 Å². The number of rotatable bonds is 4. The van der Waals surface area contributed by atoms with E-state index in [0.29, 0.717) is 5.02 Å². The van der Waals surface area contributed by atoms with E-state index in [-0.39, 0.29) is 11.9 Å². The van der Waals surface area contributed by atoms with Gasteiger partial charge in [0, 0.05) is 11.1 Å². The van der Waals surface area contributed by atoms with Crippen LogP contribution in [0.1, 0.15) is 24.1 Å². The molecule has 0 radical (unpaired) electrons. The second-order valence-corrected chi connectivity index (χ2v) is 4.90. The monoisotopic (exact) mass is 285 g/mol. The minimum absolute atomic E-state index is 0.0282. The molecule has 0 spiro atoms. The molecule has 0 aromatic heterocycles. The first-order valence-corrected chi connectivity index (χ1v) is 6.82. The minimum atomic E-state index is -0.138. The van der Waals surface area contributed by atoms with Crippen LogP contribution in [0.15, 0.2) is 60.7 Å². The predicted octanol–water partition coefficient (Wildman–Crippen LogP) is 4.23. The lowest BCUT2D eigenvalue weighted by Gasteiger charge is -2.12. The Balaban J connectivity index is 1.98. The van der Waals surface area contributed by atoms with Gasteiger partial charge in [-0.05, 0) is 30.2 Å². The SMILES string of the molecule is C[C@H](NC(=O)/C=C/c1ccccc1Cl)c1ccccc1. The highest BCUT2D eigenvalue weighted by atomic mass is 35.5. The molecule has 1 N–H and O–H groups in total. The van der Waals surface area contributed by atoms with E-state index in [9.17, 15) is 4.79 Å². The molecule has 2 nitrogen and oxygen atoms in total. The number of hydrogen-bond donors (Lipinski definition) is 1. The van der Waals surface area contributed by atoms with Gasteiger partial charge >= 0.3 is 0 Å². The normalized spacial score (nSPS) is 12.3. The lowest BCUT2D eigenvalue weighted by Crippen LogP contribution is -2.24. The van der Waals surface area contributed by atoms with Crippen molar-refractivity contribution in [3.63, 3.8) is 0 Å². The molecule has 2 rings (SSSR count). The Kier molecular flexibility index (Phi) is 4.97. The highest BCUT2D eigenvalue weighted by molar-refractivity contribution is 6.32. The van der Waals surface area contributed by atoms with Crippen LogP contribution >= 0.6 is 11.6 Å². The Morgan fingerprint density at radius 1 is 1.10 bits per heavy atom. The van der Waals surface area contributed by atoms with Crippen LogP contribution in [-0.2, 0) is 4.79 Å². The first-order valence-electron chi connectivity index (χ1n) is 6.45. The van der Waals surface area contributed by atoms with Gasteiger partial charge in [0.25, 0.3) is 0 Å². The van der Waals surface area contributed by atoms with Crippen molar-refractivity contribution < 1.29 is 4.79 Å². The standard InChI is InChI=1S/C17H16ClNO/c1-13(14-7-3-2-4-8-14)19-17(20)12-11-15-9-5-6-10-16(15)18/h2-13H,1H3,(H,19,20)/b12-11+/t13-/m0/s1. The summed E-state index contributed by atoms with van der Waals surface area (Å²) in [5, 5.41) is 3.55. The number of carbonyl (C=O) groups is 1. The molecule has 0 heterocycles. The van der Waals surface area contributed by atoms with Gasteiger partial charge in [-0.15, -0.1) is 0 Å². The summed E-state index contributed by atoms with van der Waals surface area (Å²) in [5.41, 5.74) is 1.91. The van der Waals surface area contributed by atoms with E-state index in [1.54, 1.807) is 12.1 Å². The fourth-order valence-electron chi connectivity index (χ4n) is 1.86. The van der Waals surface area contributed by atoms with Crippen LogP contribution in [0.3, 0.4) is 0 Å². The maximum absolute atomic E-state index is 11.9. The first kappa shape index (κ1) is 14.4. The lowest BCUT2D eigenvalue weighted by atomic mass is 10.1. The topological polar surface area (TPSA) is 29.1 Å². The molecule has 102 valence electrons. The first-order chi connectivity index (χ1) is 9.66. The Morgan fingerprint density at radius 2 is 1.75 bits per heavy atom. The summed E-state index contributed by atoms with van der Waals surface area (Å²) >= 11 is 6.03. The molecular weight excluding hydrogens is 270 g/mol. The number of hydrogen-bond acceptors (Lipinski definition) is 1. The molecule has 0 bridgehead atoms. The lowest BCUT2D eigenvalue weighted by molar-refractivity contribution is -0.117. The van der Waals surface area contributed by atoms with Crippen molar-refractivity contribution in [1.82, 2.24) is 5.32 Å². The average molecular weight is 286 g/mol. The smallest absolute Gasteiger partial charge is 0.244 e. The summed E-state index contributed by atoms with van der Waals surface area (Å²) < 4.78 is 0. The molecule has 2 aromatic rings. The minimum Gasteiger partial charge on any atom is -0.346 e. The summed E-state index contributed by atoms with van der Waals surface area (Å²) in [6, 6.07) is 17.2. The van der Waals surface area contributed by atoms with Gasteiger partial charge in [-0.25, -0.2) is 0 Å². The van der Waals surface area contributed by atoms with E-state index < -0.39 is 0 Å². The number of amides is 1. The van der Waals surface area contributed by atoms with E-state index in [2.05, 4.69) is 5.32 Å². The van der Waals surface area contributed by atoms with Crippen molar-refractivity contribution in [3.05, 3.63) is 76.8 Å². The summed E-state index contributed by atoms with van der Waals surface area (Å²) in [6.45, 7) is 1.95. The maximum atomic E-state index is 11.9. The van der Waals surface area contributed by atoms with Crippen molar-refractivity contribution in [1.29, 1.82) is 0 Å². The van der Waals surface area contributed by atoms with Crippen LogP contribution in [0.25, 0.3) is 6.08 Å². The Morgan fingerprint density at radius 3 is 2.45 bits per heavy atom. The highest BCUT2D eigenvalue weighted by Gasteiger charge is 2.06. The van der Waals surface area contributed by atoms with E-state index in [1.165, 1.54) is 6.08 Å². The second-order valence-electron chi connectivity index (χ2n) is 4.50. The van der Waals surface area contributed by atoms with Crippen molar-refractivity contribution >= 4 is 23.6 Å². The van der Waals surface area contributed by atoms with Crippen LogP contribution in [0.5, 0.6) is 0 Å². The molecule has 1 atom stereocenters. The van der Waals surface area contributed by atoms with Crippen molar-refractivity contribution in [3.8, 4) is 0 Å². The maximum Gasteiger partial charge on any atom is 0.244 e. The summed E-state index contributed by atoms with van der Waals surface area (Å²) in [6.07, 6.45) is 3.22. The molecule has 0 fully saturated rings. The summed E-state index contributed by atoms with van der Waals surface area (Å²) in [7, 11) is 0. The van der Waals surface area contributed by atoms with Crippen LogP contribution in [0.4, 0.5) is 0 Å². The van der Waals surface area contributed by atoms with Crippen molar-refractivity contribution in [2.45, 2.75) is 13.0 Å². The molecule has 0 aliphatic carbocycles. The van der Waals surface area contributed by atoms with E-state index in [4.69, 9.17) is 11.6 Å². The van der Waals surface area contributed by atoms with Crippen LogP contribution < -0.4 is 5.32 Å². The van der Waals surface area contributed by atoms with Gasteiger partial charge in [-0.1, -0.05) is 60.1 Å². The molecule has 2 aromatic carbocycles. The van der Waals surface area contributed by atoms with Crippen LogP contribution in [0.2, 0.25) is 5.02 Å². The Bertz CT molecular complexity index is 607. The number of halogens is 1. The summed E-state index contributed by atoms with van der Waals surface area (Å²) in [4.78, 5) is 11.9. The molecule has 3 heteroatoms. The van der Waals surface area contributed by atoms with Gasteiger partial charge in [-0.2, -0.15) is 0 Å². The van der Waals surface area contributed by atoms with Gasteiger partial charge in [-0.3, -0.25) is 4.79 Å². The summed E-state index contributed by atoms with van der Waals surface area (Å²) in [5.74, 6) is -0.138. The number of benzene rings is 2. The molecule has 0 aliphatic rings. The third-order valence-corrected chi connectivity index (χ3v) is 3.32. The molecule has 0 saturated carbocycles. The number of carbonyl (C=O) groups excluding carboxylic acids is 1. The van der Waals surface area contributed by atoms with Crippen LogP contribution in [0, 0.1) is 0 Å². The van der Waals surface area contributed by atoms with Crippen LogP contribution in [-0.4, -0.2) is 5.91 Å². The van der Waals surface area contributed by atoms with Crippen molar-refractivity contribution in [2.75, 3.05) is 0 Å². The van der Waals surface area contributed by atoms with Gasteiger partial charge in [0.15, 0.2) is 0 Å². The van der Waals surface area contributed by atoms with E-state index in [1.807, 2.05) is 55.5 Å². The fourth-order valence-corrected chi connectivity index (χ4v) is 2.06. The van der Waals surface area contributed by atoms with E-state index in [0.717, 1.165) is 11.1 Å². The molecule has 0 unspecified atom stereocenters. The fraction of sp³-hybridized carbons (Fsp3) is 0.118. The molecule has 0 aliphatic heterocycles. The second kappa shape index (κ2) is 6.92. The molecule has 0 saturated heterocycles. The number of nitrogens with one attached hydrogen (secondary N) is 1. The zero-order chi connectivity index (χ0) is 14.4. The molecule has 1 amide bonds. The van der Waals surface area contributed by atoms with E-state index >= 15 is 0 Å². The molecular formula is C17H16ClNO.